The summed E-state index contributed by atoms with van der Waals surface area (Å²) in [5.74, 6) is 1.56. The van der Waals surface area contributed by atoms with Crippen molar-refractivity contribution in [3.63, 3.8) is 0 Å². The van der Waals surface area contributed by atoms with Gasteiger partial charge in [-0.1, -0.05) is 117 Å². The highest BCUT2D eigenvalue weighted by Crippen LogP contribution is 2.13. The molecule has 1 rings (SSSR count). The Hall–Kier alpha value is -0.530. The fourth-order valence-corrected chi connectivity index (χ4v) is 4.89. The van der Waals surface area contributed by atoms with Crippen LogP contribution in [0.1, 0.15) is 149 Å². The Morgan fingerprint density at radius 3 is 1.43 bits per heavy atom. The van der Waals surface area contributed by atoms with E-state index >= 15 is 0 Å². The minimum atomic E-state index is 1.26. The Labute approximate surface area is 190 Å². The van der Waals surface area contributed by atoms with E-state index in [1.807, 2.05) is 0 Å². The van der Waals surface area contributed by atoms with Gasteiger partial charge in [-0.05, 0) is 25.7 Å². The van der Waals surface area contributed by atoms with Crippen LogP contribution in [0.5, 0.6) is 0 Å². The zero-order valence-corrected chi connectivity index (χ0v) is 21.4. The van der Waals surface area contributed by atoms with E-state index in [0.717, 1.165) is 0 Å². The highest BCUT2D eigenvalue weighted by molar-refractivity contribution is 5.75. The number of hydrogen-bond acceptors (Lipinski definition) is 1. The van der Waals surface area contributed by atoms with Crippen molar-refractivity contribution in [1.29, 1.82) is 0 Å². The normalized spacial score (nSPS) is 14.3. The third-order valence-corrected chi connectivity index (χ3v) is 7.12. The lowest BCUT2D eigenvalue weighted by Gasteiger charge is -2.11. The fourth-order valence-electron chi connectivity index (χ4n) is 4.89. The summed E-state index contributed by atoms with van der Waals surface area (Å²) < 4.78 is 2.65. The topological polar surface area (TPSA) is 6.25 Å². The van der Waals surface area contributed by atoms with Crippen molar-refractivity contribution in [2.45, 2.75) is 149 Å². The van der Waals surface area contributed by atoms with Crippen LogP contribution in [0, 0.1) is 0 Å². The van der Waals surface area contributed by atoms with Crippen LogP contribution >= 0.6 is 0 Å². The summed E-state index contributed by atoms with van der Waals surface area (Å²) in [6.07, 6.45) is 28.7. The zero-order chi connectivity index (χ0) is 21.7. The molecule has 0 aliphatic carbocycles. The Balaban J connectivity index is 1.94. The van der Waals surface area contributed by atoms with Gasteiger partial charge in [0.1, 0.15) is 13.1 Å². The van der Waals surface area contributed by atoms with Gasteiger partial charge in [0.2, 0.25) is 5.84 Å². The van der Waals surface area contributed by atoms with Gasteiger partial charge in [-0.25, -0.2) is 0 Å². The summed E-state index contributed by atoms with van der Waals surface area (Å²) in [4.78, 5) is 2.65. The molecule has 2 heteroatoms. The maximum Gasteiger partial charge on any atom is 0.243 e. The second-order valence-corrected chi connectivity index (χ2v) is 9.89. The molecule has 0 unspecified atom stereocenters. The first-order chi connectivity index (χ1) is 14.8. The molecule has 0 N–H and O–H groups in total. The van der Waals surface area contributed by atoms with Gasteiger partial charge >= 0.3 is 0 Å². The molecule has 178 valence electrons. The predicted octanol–water partition coefficient (Wildman–Crippen LogP) is 8.57. The summed E-state index contributed by atoms with van der Waals surface area (Å²) in [7, 11) is 0. The van der Waals surface area contributed by atoms with Crippen LogP contribution in [-0.4, -0.2) is 41.5 Å². The van der Waals surface area contributed by atoms with Crippen LogP contribution in [0.4, 0.5) is 0 Å². The Morgan fingerprint density at radius 2 is 0.967 bits per heavy atom. The second kappa shape index (κ2) is 20.4. The average Bonchev–Trinajstić information content (AvgIpc) is 3.10. The lowest BCUT2D eigenvalue weighted by atomic mass is 10.1. The van der Waals surface area contributed by atoms with Crippen molar-refractivity contribution in [2.24, 2.45) is 0 Å². The van der Waals surface area contributed by atoms with E-state index in [9.17, 15) is 0 Å². The standard InChI is InChI=1S/C28H57N2/c1-4-6-8-10-12-14-16-18-20-22-24-29-26-27-30(28(29)3)25-23-21-19-17-15-13-11-9-7-5-2/h4-27H2,1-3H3/q+1. The molecular weight excluding hydrogens is 364 g/mol. The number of amidine groups is 1. The lowest BCUT2D eigenvalue weighted by Crippen LogP contribution is -2.28. The van der Waals surface area contributed by atoms with Crippen LogP contribution in [0.15, 0.2) is 0 Å². The van der Waals surface area contributed by atoms with Gasteiger partial charge in [-0.15, -0.1) is 0 Å². The van der Waals surface area contributed by atoms with Crippen molar-refractivity contribution in [3.05, 3.63) is 0 Å². The molecule has 0 radical (unpaired) electrons. The number of hydrogen-bond donors (Lipinski definition) is 0. The van der Waals surface area contributed by atoms with Gasteiger partial charge in [0, 0.05) is 6.92 Å². The van der Waals surface area contributed by atoms with Crippen LogP contribution in [0.2, 0.25) is 0 Å². The first-order valence-corrected chi connectivity index (χ1v) is 14.1. The zero-order valence-electron chi connectivity index (χ0n) is 21.4. The molecule has 0 aromatic carbocycles. The van der Waals surface area contributed by atoms with E-state index in [0.29, 0.717) is 0 Å². The van der Waals surface area contributed by atoms with Crippen LogP contribution in [0.25, 0.3) is 0 Å². The Morgan fingerprint density at radius 1 is 0.567 bits per heavy atom. The van der Waals surface area contributed by atoms with Crippen LogP contribution in [0.3, 0.4) is 0 Å². The molecule has 0 atom stereocenters. The monoisotopic (exact) mass is 421 g/mol. The maximum absolute atomic E-state index is 2.65. The molecule has 0 saturated carbocycles. The van der Waals surface area contributed by atoms with Gasteiger partial charge in [-0.3, -0.25) is 9.48 Å². The highest BCUT2D eigenvalue weighted by atomic mass is 15.3. The van der Waals surface area contributed by atoms with E-state index in [-0.39, 0.29) is 0 Å². The Bertz CT molecular complexity index is 401. The first-order valence-electron chi connectivity index (χ1n) is 14.1. The van der Waals surface area contributed by atoms with Gasteiger partial charge in [0.15, 0.2) is 0 Å². The van der Waals surface area contributed by atoms with Crippen LogP contribution < -0.4 is 0 Å². The molecule has 0 amide bonds. The minimum Gasteiger partial charge on any atom is -0.262 e. The summed E-state index contributed by atoms with van der Waals surface area (Å²) in [5, 5.41) is 0. The van der Waals surface area contributed by atoms with Crippen LogP contribution in [-0.2, 0) is 0 Å². The molecule has 0 bridgehead atoms. The van der Waals surface area contributed by atoms with Crippen molar-refractivity contribution in [2.75, 3.05) is 26.2 Å². The van der Waals surface area contributed by atoms with Gasteiger partial charge < -0.3 is 0 Å². The van der Waals surface area contributed by atoms with Gasteiger partial charge in [0.05, 0.1) is 13.1 Å². The molecular formula is C28H57N2+. The molecule has 2 nitrogen and oxygen atoms in total. The number of nitrogens with zero attached hydrogens (tertiary/aromatic N) is 2. The lowest BCUT2D eigenvalue weighted by molar-refractivity contribution is -0.519. The summed E-state index contributed by atoms with van der Waals surface area (Å²) in [5.41, 5.74) is 0. The smallest absolute Gasteiger partial charge is 0.243 e. The minimum absolute atomic E-state index is 1.26. The fraction of sp³-hybridized carbons (Fsp3) is 0.964. The molecule has 30 heavy (non-hydrogen) atoms. The molecule has 1 aliphatic heterocycles. The largest absolute Gasteiger partial charge is 0.262 e. The molecule has 0 aromatic heterocycles. The third kappa shape index (κ3) is 14.5. The van der Waals surface area contributed by atoms with Crippen molar-refractivity contribution < 1.29 is 4.58 Å². The first kappa shape index (κ1) is 27.5. The van der Waals surface area contributed by atoms with E-state index in [1.165, 1.54) is 155 Å². The van der Waals surface area contributed by atoms with E-state index < -0.39 is 0 Å². The number of unbranched alkanes of at least 4 members (excludes halogenated alkanes) is 18. The summed E-state index contributed by atoms with van der Waals surface area (Å²) in [6.45, 7) is 12.1. The molecule has 0 saturated heterocycles. The molecule has 0 spiro atoms. The summed E-state index contributed by atoms with van der Waals surface area (Å²) in [6, 6.07) is 0. The highest BCUT2D eigenvalue weighted by Gasteiger charge is 2.25. The second-order valence-electron chi connectivity index (χ2n) is 9.89. The maximum atomic E-state index is 2.65. The molecule has 0 fully saturated rings. The number of rotatable bonds is 22. The molecule has 1 aliphatic rings. The molecule has 1 heterocycles. The van der Waals surface area contributed by atoms with Crippen molar-refractivity contribution in [3.8, 4) is 0 Å². The quantitative estimate of drug-likeness (QED) is 0.125. The van der Waals surface area contributed by atoms with E-state index in [4.69, 9.17) is 0 Å². The third-order valence-electron chi connectivity index (χ3n) is 7.12. The van der Waals surface area contributed by atoms with Crippen molar-refractivity contribution >= 4 is 5.84 Å². The van der Waals surface area contributed by atoms with Crippen molar-refractivity contribution in [1.82, 2.24) is 4.90 Å². The predicted molar refractivity (Wildman–Crippen MR) is 136 cm³/mol. The SMILES string of the molecule is CCCCCCCCCCCCN1CC[N+](CCCCCCCCCCCC)=C1C. The van der Waals surface area contributed by atoms with E-state index in [1.54, 1.807) is 5.84 Å². The van der Waals surface area contributed by atoms with Gasteiger partial charge in [-0.2, -0.15) is 0 Å². The average molecular weight is 422 g/mol. The molecule has 0 aromatic rings. The Kier molecular flexibility index (Phi) is 18.7. The van der Waals surface area contributed by atoms with Gasteiger partial charge in [0.25, 0.3) is 0 Å². The van der Waals surface area contributed by atoms with E-state index in [2.05, 4.69) is 30.2 Å². The summed E-state index contributed by atoms with van der Waals surface area (Å²) >= 11 is 0.